The van der Waals surface area contributed by atoms with Crippen LogP contribution in [0.3, 0.4) is 0 Å². The third-order valence-electron chi connectivity index (χ3n) is 6.51. The summed E-state index contributed by atoms with van der Waals surface area (Å²) in [4.78, 5) is 35.3. The highest BCUT2D eigenvalue weighted by molar-refractivity contribution is 5.95. The summed E-state index contributed by atoms with van der Waals surface area (Å²) in [5, 5.41) is 25.4. The van der Waals surface area contributed by atoms with Crippen molar-refractivity contribution >= 4 is 29.5 Å². The quantitative estimate of drug-likeness (QED) is 0.0999. The van der Waals surface area contributed by atoms with Crippen LogP contribution in [0.4, 0.5) is 13.2 Å². The molecule has 1 amide bonds. The maximum absolute atomic E-state index is 12.6. The number of rotatable bonds is 12. The average Bonchev–Trinajstić information content (AvgIpc) is 2.99. The number of halogens is 3. The van der Waals surface area contributed by atoms with Crippen LogP contribution >= 0.6 is 0 Å². The van der Waals surface area contributed by atoms with Gasteiger partial charge in [-0.3, -0.25) is 20.4 Å². The van der Waals surface area contributed by atoms with Crippen molar-refractivity contribution in [1.82, 2.24) is 10.2 Å². The average molecular weight is 638 g/mol. The number of amidine groups is 2. The van der Waals surface area contributed by atoms with E-state index in [0.29, 0.717) is 35.7 Å². The number of aliphatic carboxylic acids is 1. The lowest BCUT2D eigenvalue weighted by molar-refractivity contribution is -0.192. The number of benzene rings is 2. The van der Waals surface area contributed by atoms with Gasteiger partial charge in [0.05, 0.1) is 19.0 Å². The highest BCUT2D eigenvalue weighted by Crippen LogP contribution is 2.23. The van der Waals surface area contributed by atoms with Crippen LogP contribution in [0.15, 0.2) is 42.5 Å². The first kappa shape index (κ1) is 36.4. The molecule has 12 nitrogen and oxygen atoms in total. The molecule has 3 rings (SSSR count). The molecule has 1 saturated heterocycles. The lowest BCUT2D eigenvalue weighted by Gasteiger charge is -2.32. The number of carbonyl (C=O) groups is 3. The zero-order valence-corrected chi connectivity index (χ0v) is 25.0. The second kappa shape index (κ2) is 17.5. The summed E-state index contributed by atoms with van der Waals surface area (Å²) in [6, 6.07) is 12.2. The molecule has 0 bridgehead atoms. The molecule has 2 aromatic rings. The van der Waals surface area contributed by atoms with Crippen LogP contribution in [0.5, 0.6) is 11.5 Å². The van der Waals surface area contributed by atoms with Gasteiger partial charge in [-0.2, -0.15) is 13.2 Å². The summed E-state index contributed by atoms with van der Waals surface area (Å²) < 4.78 is 48.7. The minimum atomic E-state index is -5.08. The standard InChI is InChI=1S/C28H37N5O5.C2HF3O2/c1-3-36-26(34)11-8-20-4-5-22(27(30)31)18-25(20)37-17-14-32-28(35)21-6-9-23(10-7-21)38-24-12-15-33(16-13-24)19(2)29;3-2(4,5)1(6)7/h4-7,9-10,18,24,29H,3,8,11-17H2,1-2H3,(H3,30,31)(H,32,35);(H,6,7). The number of nitrogen functional groups attached to an aromatic ring is 1. The number of alkyl halides is 3. The van der Waals surface area contributed by atoms with Crippen molar-refractivity contribution in [3.05, 3.63) is 59.2 Å². The summed E-state index contributed by atoms with van der Waals surface area (Å²) in [5.41, 5.74) is 7.44. The topological polar surface area (TPSA) is 188 Å². The Morgan fingerprint density at radius 1 is 1.07 bits per heavy atom. The number of esters is 1. The molecule has 45 heavy (non-hydrogen) atoms. The fourth-order valence-corrected chi connectivity index (χ4v) is 4.15. The Morgan fingerprint density at radius 3 is 2.20 bits per heavy atom. The first-order valence-electron chi connectivity index (χ1n) is 14.1. The molecule has 6 N–H and O–H groups in total. The predicted molar refractivity (Wildman–Crippen MR) is 159 cm³/mol. The number of nitrogens with zero attached hydrogens (tertiary/aromatic N) is 1. The molecule has 0 aliphatic carbocycles. The molecule has 0 atom stereocenters. The number of amides is 1. The molecule has 246 valence electrons. The van der Waals surface area contributed by atoms with Crippen LogP contribution in [0, 0.1) is 10.8 Å². The van der Waals surface area contributed by atoms with E-state index in [1.54, 1.807) is 56.3 Å². The van der Waals surface area contributed by atoms with Crippen LogP contribution in [0.25, 0.3) is 0 Å². The number of hydrogen-bond acceptors (Lipinski definition) is 8. The molecule has 1 aliphatic heterocycles. The molecule has 0 radical (unpaired) electrons. The summed E-state index contributed by atoms with van der Waals surface area (Å²) in [6.45, 7) is 5.99. The largest absolute Gasteiger partial charge is 0.491 e. The third kappa shape index (κ3) is 12.7. The molecule has 0 unspecified atom stereocenters. The number of piperidine rings is 1. The molecule has 1 fully saturated rings. The summed E-state index contributed by atoms with van der Waals surface area (Å²) in [7, 11) is 0. The number of hydrogen-bond donors (Lipinski definition) is 5. The van der Waals surface area contributed by atoms with E-state index in [1.807, 2.05) is 4.90 Å². The molecular weight excluding hydrogens is 599 g/mol. The molecule has 0 saturated carbocycles. The number of nitrogens with two attached hydrogens (primary N) is 1. The van der Waals surface area contributed by atoms with Gasteiger partial charge in [0.25, 0.3) is 5.91 Å². The second-order valence-electron chi connectivity index (χ2n) is 9.86. The number of ether oxygens (including phenoxy) is 3. The number of carboxylic acid groups (broad SMARTS) is 1. The Bertz CT molecular complexity index is 1330. The number of aryl methyl sites for hydroxylation is 1. The van der Waals surface area contributed by atoms with E-state index < -0.39 is 12.1 Å². The minimum absolute atomic E-state index is 0.0838. The van der Waals surface area contributed by atoms with E-state index in [2.05, 4.69) is 5.32 Å². The van der Waals surface area contributed by atoms with Crippen molar-refractivity contribution in [2.24, 2.45) is 5.73 Å². The Morgan fingerprint density at radius 2 is 1.67 bits per heavy atom. The van der Waals surface area contributed by atoms with Gasteiger partial charge < -0.3 is 35.3 Å². The van der Waals surface area contributed by atoms with Crippen LogP contribution < -0.4 is 20.5 Å². The van der Waals surface area contributed by atoms with Crippen LogP contribution in [0.1, 0.15) is 54.6 Å². The fraction of sp³-hybridized carbons (Fsp3) is 0.433. The van der Waals surface area contributed by atoms with Gasteiger partial charge in [0.1, 0.15) is 30.0 Å². The van der Waals surface area contributed by atoms with E-state index in [1.165, 1.54) is 0 Å². The molecule has 1 heterocycles. The maximum atomic E-state index is 12.6. The van der Waals surface area contributed by atoms with Crippen molar-refractivity contribution in [3.8, 4) is 11.5 Å². The smallest absolute Gasteiger partial charge is 0.490 e. The summed E-state index contributed by atoms with van der Waals surface area (Å²) in [5.74, 6) is -1.54. The molecular formula is C30H38F3N5O7. The maximum Gasteiger partial charge on any atom is 0.490 e. The van der Waals surface area contributed by atoms with E-state index in [-0.39, 0.29) is 43.4 Å². The van der Waals surface area contributed by atoms with Gasteiger partial charge in [-0.25, -0.2) is 4.79 Å². The lowest BCUT2D eigenvalue weighted by atomic mass is 10.1. The number of nitrogens with one attached hydrogen (secondary N) is 3. The normalized spacial score (nSPS) is 13.1. The first-order valence-corrected chi connectivity index (χ1v) is 14.1. The Kier molecular flexibility index (Phi) is 14.1. The van der Waals surface area contributed by atoms with Crippen molar-refractivity contribution in [3.63, 3.8) is 0 Å². The van der Waals surface area contributed by atoms with Crippen molar-refractivity contribution in [2.75, 3.05) is 32.8 Å². The summed E-state index contributed by atoms with van der Waals surface area (Å²) in [6.07, 6.45) is -2.63. The zero-order chi connectivity index (χ0) is 33.6. The van der Waals surface area contributed by atoms with Gasteiger partial charge in [-0.15, -0.1) is 0 Å². The summed E-state index contributed by atoms with van der Waals surface area (Å²) >= 11 is 0. The zero-order valence-electron chi connectivity index (χ0n) is 25.0. The van der Waals surface area contributed by atoms with E-state index in [4.69, 9.17) is 40.7 Å². The Balaban J connectivity index is 0.000000900. The van der Waals surface area contributed by atoms with Crippen LogP contribution in [-0.2, 0) is 20.7 Å². The predicted octanol–water partition coefficient (Wildman–Crippen LogP) is 3.75. The highest BCUT2D eigenvalue weighted by Gasteiger charge is 2.38. The number of likely N-dealkylation sites (tertiary alicyclic amines) is 1. The van der Waals surface area contributed by atoms with Gasteiger partial charge in [-0.1, -0.05) is 12.1 Å². The van der Waals surface area contributed by atoms with Crippen LogP contribution in [-0.4, -0.2) is 84.7 Å². The molecule has 1 aliphatic rings. The van der Waals surface area contributed by atoms with E-state index >= 15 is 0 Å². The Labute approximate surface area is 258 Å². The van der Waals surface area contributed by atoms with Gasteiger partial charge in [0.15, 0.2) is 0 Å². The Hall–Kier alpha value is -4.82. The van der Waals surface area contributed by atoms with Gasteiger partial charge in [-0.05, 0) is 56.2 Å². The first-order chi connectivity index (χ1) is 21.2. The second-order valence-corrected chi connectivity index (χ2v) is 9.86. The lowest BCUT2D eigenvalue weighted by Crippen LogP contribution is -2.40. The van der Waals surface area contributed by atoms with Crippen molar-refractivity contribution in [1.29, 1.82) is 10.8 Å². The van der Waals surface area contributed by atoms with E-state index in [0.717, 1.165) is 37.2 Å². The third-order valence-corrected chi connectivity index (χ3v) is 6.51. The van der Waals surface area contributed by atoms with Crippen molar-refractivity contribution < 1.29 is 46.9 Å². The highest BCUT2D eigenvalue weighted by atomic mass is 19.4. The van der Waals surface area contributed by atoms with Crippen LogP contribution in [0.2, 0.25) is 0 Å². The van der Waals surface area contributed by atoms with Crippen molar-refractivity contribution in [2.45, 2.75) is 51.8 Å². The minimum Gasteiger partial charge on any atom is -0.491 e. The SMILES string of the molecule is CCOC(=O)CCc1ccc(C(=N)N)cc1OCCNC(=O)c1ccc(OC2CCN(C(C)=N)CC2)cc1.O=C(O)C(F)(F)F. The van der Waals surface area contributed by atoms with Gasteiger partial charge in [0, 0.05) is 43.5 Å². The monoisotopic (exact) mass is 637 g/mol. The molecule has 0 spiro atoms. The fourth-order valence-electron chi connectivity index (χ4n) is 4.15. The van der Waals surface area contributed by atoms with Gasteiger partial charge in [0.2, 0.25) is 0 Å². The molecule has 0 aromatic heterocycles. The number of carbonyl (C=O) groups excluding carboxylic acids is 2. The van der Waals surface area contributed by atoms with Gasteiger partial charge >= 0.3 is 18.1 Å². The van der Waals surface area contributed by atoms with E-state index in [9.17, 15) is 22.8 Å². The number of carboxylic acids is 1. The molecule has 2 aromatic carbocycles. The molecule has 15 heteroatoms.